The summed E-state index contributed by atoms with van der Waals surface area (Å²) in [6.45, 7) is -1.30. The van der Waals surface area contributed by atoms with Crippen LogP contribution in [-0.4, -0.2) is 156 Å². The Labute approximate surface area is 185 Å². The topological polar surface area (TPSA) is 266 Å². The molecule has 3 aliphatic heterocycles. The fourth-order valence-corrected chi connectivity index (χ4v) is 3.73. The van der Waals surface area contributed by atoms with Gasteiger partial charge in [0.2, 0.25) is 0 Å². The lowest BCUT2D eigenvalue weighted by Crippen LogP contribution is -2.67. The molecule has 33 heavy (non-hydrogen) atoms. The zero-order chi connectivity index (χ0) is 24.6. The molecule has 3 saturated heterocycles. The highest BCUT2D eigenvalue weighted by molar-refractivity contribution is 5.73. The van der Waals surface area contributed by atoms with Crippen LogP contribution in [0.3, 0.4) is 0 Å². The Morgan fingerprint density at radius 3 is 1.97 bits per heavy atom. The number of aliphatic hydroxyl groups is 9. The monoisotopic (exact) mass is 488 g/mol. The predicted molar refractivity (Wildman–Crippen MR) is 95.8 cm³/mol. The zero-order valence-corrected chi connectivity index (χ0v) is 16.9. The first-order chi connectivity index (χ1) is 15.5. The Balaban J connectivity index is 1.86. The molecule has 3 fully saturated rings. The van der Waals surface area contributed by atoms with Gasteiger partial charge in [0.15, 0.2) is 25.0 Å². The highest BCUT2D eigenvalue weighted by Gasteiger charge is 2.54. The molecule has 0 aliphatic carbocycles. The summed E-state index contributed by atoms with van der Waals surface area (Å²) in [7, 11) is 0. The summed E-state index contributed by atoms with van der Waals surface area (Å²) in [4.78, 5) is 11.7. The van der Waals surface area contributed by atoms with E-state index in [9.17, 15) is 55.9 Å². The van der Waals surface area contributed by atoms with Crippen molar-refractivity contribution in [3.63, 3.8) is 0 Å². The molecule has 16 heteroatoms. The number of hydrogen-bond donors (Lipinski definition) is 10. The van der Waals surface area contributed by atoms with E-state index in [1.165, 1.54) is 0 Å². The van der Waals surface area contributed by atoms with Crippen molar-refractivity contribution >= 4 is 5.97 Å². The van der Waals surface area contributed by atoms with Gasteiger partial charge < -0.3 is 74.7 Å². The van der Waals surface area contributed by atoms with Crippen LogP contribution in [-0.2, 0) is 28.5 Å². The van der Waals surface area contributed by atoms with Crippen molar-refractivity contribution < 1.29 is 79.5 Å². The van der Waals surface area contributed by atoms with Gasteiger partial charge in [-0.2, -0.15) is 0 Å². The molecule has 3 heterocycles. The number of carboxylic acid groups (broad SMARTS) is 1. The molecule has 3 rings (SSSR count). The van der Waals surface area contributed by atoms with Gasteiger partial charge in [-0.05, 0) is 0 Å². The second-order valence-corrected chi connectivity index (χ2v) is 7.93. The summed E-state index contributed by atoms with van der Waals surface area (Å²) in [5, 5.41) is 98.7. The highest BCUT2D eigenvalue weighted by Crippen LogP contribution is 2.32. The minimum absolute atomic E-state index is 0.495. The lowest BCUT2D eigenvalue weighted by molar-refractivity contribution is -0.373. The van der Waals surface area contributed by atoms with Crippen molar-refractivity contribution in [3.05, 3.63) is 0 Å². The molecule has 3 aliphatic rings. The molecule has 0 bridgehead atoms. The average molecular weight is 488 g/mol. The van der Waals surface area contributed by atoms with Crippen molar-refractivity contribution in [3.8, 4) is 0 Å². The molecular formula is C17H28O16. The summed E-state index contributed by atoms with van der Waals surface area (Å²) in [6, 6.07) is 0. The average Bonchev–Trinajstić information content (AvgIpc) is 2.78. The van der Waals surface area contributed by atoms with E-state index in [2.05, 4.69) is 0 Å². The van der Waals surface area contributed by atoms with E-state index in [1.54, 1.807) is 0 Å². The van der Waals surface area contributed by atoms with Gasteiger partial charge in [0.1, 0.15) is 61.0 Å². The molecular weight excluding hydrogens is 460 g/mol. The molecule has 0 saturated carbocycles. The van der Waals surface area contributed by atoms with E-state index in [1.807, 2.05) is 0 Å². The molecule has 0 aromatic heterocycles. The van der Waals surface area contributed by atoms with E-state index < -0.39 is 105 Å². The van der Waals surface area contributed by atoms with Gasteiger partial charge in [0, 0.05) is 0 Å². The molecule has 14 atom stereocenters. The Bertz CT molecular complexity index is 663. The molecule has 0 unspecified atom stereocenters. The second-order valence-electron chi connectivity index (χ2n) is 7.93. The van der Waals surface area contributed by atoms with Crippen LogP contribution in [0, 0.1) is 0 Å². The number of carboxylic acids is 1. The molecule has 192 valence electrons. The lowest BCUT2D eigenvalue weighted by atomic mass is 9.96. The summed E-state index contributed by atoms with van der Waals surface area (Å²) in [6.07, 6.45) is -25.5. The van der Waals surface area contributed by atoms with Crippen LogP contribution in [0.15, 0.2) is 0 Å². The smallest absolute Gasteiger partial charge is 0.335 e. The van der Waals surface area contributed by atoms with Crippen molar-refractivity contribution in [1.29, 1.82) is 0 Å². The van der Waals surface area contributed by atoms with Gasteiger partial charge in [-0.25, -0.2) is 4.79 Å². The third-order valence-corrected chi connectivity index (χ3v) is 5.67. The van der Waals surface area contributed by atoms with Crippen LogP contribution in [0.1, 0.15) is 0 Å². The lowest BCUT2D eigenvalue weighted by Gasteiger charge is -2.47. The van der Waals surface area contributed by atoms with Crippen LogP contribution in [0.2, 0.25) is 0 Å². The van der Waals surface area contributed by atoms with Crippen LogP contribution < -0.4 is 0 Å². The van der Waals surface area contributed by atoms with E-state index >= 15 is 0 Å². The van der Waals surface area contributed by atoms with Crippen molar-refractivity contribution in [2.75, 3.05) is 13.2 Å². The molecule has 10 N–H and O–H groups in total. The Hall–Kier alpha value is -1.09. The number of carbonyl (C=O) groups is 1. The Kier molecular flexibility index (Phi) is 8.57. The molecule has 16 nitrogen and oxygen atoms in total. The van der Waals surface area contributed by atoms with E-state index in [0.717, 1.165) is 0 Å². The predicted octanol–water partition coefficient (Wildman–Crippen LogP) is -6.84. The van der Waals surface area contributed by atoms with Crippen LogP contribution in [0.4, 0.5) is 0 Å². The number of aliphatic hydroxyl groups excluding tert-OH is 9. The van der Waals surface area contributed by atoms with Gasteiger partial charge >= 0.3 is 5.97 Å². The third kappa shape index (κ3) is 5.29. The minimum atomic E-state index is -2.11. The van der Waals surface area contributed by atoms with Gasteiger partial charge in [-0.15, -0.1) is 0 Å². The minimum Gasteiger partial charge on any atom is -0.479 e. The quantitative estimate of drug-likeness (QED) is 0.166. The van der Waals surface area contributed by atoms with Crippen molar-refractivity contribution in [2.45, 2.75) is 86.0 Å². The fourth-order valence-electron chi connectivity index (χ4n) is 3.73. The van der Waals surface area contributed by atoms with Crippen LogP contribution in [0.5, 0.6) is 0 Å². The molecule has 0 aromatic carbocycles. The zero-order valence-electron chi connectivity index (χ0n) is 16.9. The third-order valence-electron chi connectivity index (χ3n) is 5.67. The first kappa shape index (κ1) is 26.5. The van der Waals surface area contributed by atoms with E-state index in [-0.39, 0.29) is 0 Å². The maximum Gasteiger partial charge on any atom is 0.335 e. The largest absolute Gasteiger partial charge is 0.479 e. The van der Waals surface area contributed by atoms with Crippen molar-refractivity contribution in [2.24, 2.45) is 0 Å². The molecule has 0 spiro atoms. The maximum atomic E-state index is 11.7. The maximum absolute atomic E-state index is 11.7. The summed E-state index contributed by atoms with van der Waals surface area (Å²) >= 11 is 0. The SMILES string of the molecule is O=C(O)[C@H]1O[C@@H](O)[C@H](O)[C@@H](O[C@@H]2OC[C@H](O)[C@H](O)[C@H]2O)[C@@H]1O[C@@H]1O[C@H](CO)[C@@H](O)[C@H](O)[C@H]1O. The molecule has 0 amide bonds. The summed E-state index contributed by atoms with van der Waals surface area (Å²) in [5.41, 5.74) is 0. The van der Waals surface area contributed by atoms with Crippen molar-refractivity contribution in [1.82, 2.24) is 0 Å². The molecule has 0 aromatic rings. The Morgan fingerprint density at radius 2 is 1.36 bits per heavy atom. The molecule has 0 radical (unpaired) electrons. The first-order valence-corrected chi connectivity index (χ1v) is 9.99. The normalized spacial score (nSPS) is 51.3. The summed E-state index contributed by atoms with van der Waals surface area (Å²) in [5.74, 6) is -1.70. The fraction of sp³-hybridized carbons (Fsp3) is 0.941. The van der Waals surface area contributed by atoms with Gasteiger partial charge in [-0.1, -0.05) is 0 Å². The summed E-state index contributed by atoms with van der Waals surface area (Å²) < 4.78 is 25.9. The van der Waals surface area contributed by atoms with Gasteiger partial charge in [0.25, 0.3) is 0 Å². The van der Waals surface area contributed by atoms with E-state index in [0.29, 0.717) is 0 Å². The van der Waals surface area contributed by atoms with E-state index in [4.69, 9.17) is 23.7 Å². The number of aliphatic carboxylic acids is 1. The van der Waals surface area contributed by atoms with Gasteiger partial charge in [-0.3, -0.25) is 0 Å². The highest BCUT2D eigenvalue weighted by atomic mass is 16.8. The Morgan fingerprint density at radius 1 is 0.758 bits per heavy atom. The number of rotatable bonds is 6. The second kappa shape index (κ2) is 10.7. The van der Waals surface area contributed by atoms with Crippen LogP contribution in [0.25, 0.3) is 0 Å². The number of ether oxygens (including phenoxy) is 5. The van der Waals surface area contributed by atoms with Gasteiger partial charge in [0.05, 0.1) is 13.2 Å². The van der Waals surface area contributed by atoms with Crippen LogP contribution >= 0.6 is 0 Å². The standard InChI is InChI=1S/C17H28O16/c18-1-4-6(21)7(22)9(24)17(30-4)33-12-11(10(25)15(28)31-13(12)14(26)27)32-16-8(23)5(20)3(19)2-29-16/h3-13,15-25,28H,1-2H2,(H,26,27)/t3-,4+,5-,6+,7-,8+,9+,10+,11+,12-,13-,15+,16-,17-/m0/s1. The number of hydrogen-bond acceptors (Lipinski definition) is 15. The first-order valence-electron chi connectivity index (χ1n) is 9.99.